The Kier molecular flexibility index (Phi) is 4.16. The van der Waals surface area contributed by atoms with E-state index in [0.29, 0.717) is 34.5 Å². The van der Waals surface area contributed by atoms with Crippen LogP contribution in [-0.4, -0.2) is 41.7 Å². The van der Waals surface area contributed by atoms with Crippen LogP contribution in [0, 0.1) is 0 Å². The minimum Gasteiger partial charge on any atom is -0.494 e. The Morgan fingerprint density at radius 2 is 1.96 bits per heavy atom. The van der Waals surface area contributed by atoms with Crippen LogP contribution in [0.2, 0.25) is 0 Å². The Hall–Kier alpha value is -2.61. The number of methoxy groups -OCH3 is 2. The van der Waals surface area contributed by atoms with Gasteiger partial charge in [0.25, 0.3) is 0 Å². The number of carbonyl (C=O) groups excluding carboxylic acids is 1. The topological polar surface area (TPSA) is 86.3 Å². The Labute approximate surface area is 136 Å². The lowest BCUT2D eigenvalue weighted by Crippen LogP contribution is -2.04. The van der Waals surface area contributed by atoms with Gasteiger partial charge in [0, 0.05) is 5.38 Å². The van der Waals surface area contributed by atoms with Gasteiger partial charge in [-0.1, -0.05) is 0 Å². The first-order valence-corrected chi connectivity index (χ1v) is 7.79. The van der Waals surface area contributed by atoms with Crippen LogP contribution in [0.4, 0.5) is 0 Å². The number of benzene rings is 1. The maximum absolute atomic E-state index is 11.7. The number of H-pyrrole nitrogens is 1. The van der Waals surface area contributed by atoms with E-state index < -0.39 is 5.97 Å². The van der Waals surface area contributed by atoms with Crippen molar-refractivity contribution in [3.05, 3.63) is 23.2 Å². The number of ether oxygens (including phenoxy) is 3. The molecule has 2 aromatic heterocycles. The van der Waals surface area contributed by atoms with Crippen LogP contribution in [-0.2, 0) is 4.74 Å². The predicted octanol–water partition coefficient (Wildman–Crippen LogP) is 2.88. The molecule has 23 heavy (non-hydrogen) atoms. The molecule has 0 saturated carbocycles. The Morgan fingerprint density at radius 1 is 1.22 bits per heavy atom. The molecule has 0 aliphatic heterocycles. The summed E-state index contributed by atoms with van der Waals surface area (Å²) < 4.78 is 15.6. The molecule has 0 atom stereocenters. The van der Waals surface area contributed by atoms with Crippen LogP contribution >= 0.6 is 11.3 Å². The number of aromatic nitrogens is 3. The molecule has 0 bridgehead atoms. The summed E-state index contributed by atoms with van der Waals surface area (Å²) in [6.45, 7) is 2.06. The summed E-state index contributed by atoms with van der Waals surface area (Å²) >= 11 is 1.31. The zero-order valence-electron chi connectivity index (χ0n) is 12.9. The van der Waals surface area contributed by atoms with Crippen molar-refractivity contribution < 1.29 is 19.0 Å². The maximum Gasteiger partial charge on any atom is 0.357 e. The SMILES string of the molecule is CCOC(=O)c1csc(-c2nc3c(OC)ccc(OC)c3[nH]2)n1. The number of rotatable bonds is 5. The van der Waals surface area contributed by atoms with E-state index >= 15 is 0 Å². The van der Waals surface area contributed by atoms with Crippen LogP contribution in [0.5, 0.6) is 11.5 Å². The molecule has 0 aliphatic carbocycles. The lowest BCUT2D eigenvalue weighted by atomic mass is 10.2. The molecule has 0 amide bonds. The third kappa shape index (κ3) is 2.72. The Bertz CT molecular complexity index is 815. The number of imidazole rings is 1. The summed E-state index contributed by atoms with van der Waals surface area (Å²) in [6.07, 6.45) is 0. The van der Waals surface area contributed by atoms with E-state index in [2.05, 4.69) is 15.0 Å². The van der Waals surface area contributed by atoms with Crippen LogP contribution in [0.15, 0.2) is 17.5 Å². The first-order chi connectivity index (χ1) is 11.2. The number of aromatic amines is 1. The number of esters is 1. The highest BCUT2D eigenvalue weighted by atomic mass is 32.1. The number of carbonyl (C=O) groups is 1. The van der Waals surface area contributed by atoms with Crippen LogP contribution < -0.4 is 9.47 Å². The summed E-state index contributed by atoms with van der Waals surface area (Å²) in [5, 5.41) is 2.24. The van der Waals surface area contributed by atoms with Gasteiger partial charge in [0.1, 0.15) is 22.5 Å². The number of thiazole rings is 1. The molecule has 0 unspecified atom stereocenters. The van der Waals surface area contributed by atoms with Gasteiger partial charge >= 0.3 is 5.97 Å². The second-order valence-electron chi connectivity index (χ2n) is 4.54. The summed E-state index contributed by atoms with van der Waals surface area (Å²) in [5.41, 5.74) is 1.63. The van der Waals surface area contributed by atoms with Crippen LogP contribution in [0.25, 0.3) is 21.9 Å². The zero-order chi connectivity index (χ0) is 16.4. The second kappa shape index (κ2) is 6.25. The van der Waals surface area contributed by atoms with E-state index in [-0.39, 0.29) is 5.69 Å². The zero-order valence-corrected chi connectivity index (χ0v) is 13.7. The highest BCUT2D eigenvalue weighted by Crippen LogP contribution is 2.34. The molecule has 0 fully saturated rings. The smallest absolute Gasteiger partial charge is 0.357 e. The molecule has 8 heteroatoms. The number of nitrogens with zero attached hydrogens (tertiary/aromatic N) is 2. The quantitative estimate of drug-likeness (QED) is 0.723. The first kappa shape index (κ1) is 15.3. The van der Waals surface area contributed by atoms with Gasteiger partial charge in [-0.2, -0.15) is 0 Å². The van der Waals surface area contributed by atoms with Gasteiger partial charge in [0.15, 0.2) is 16.5 Å². The van der Waals surface area contributed by atoms with Crippen LogP contribution in [0.3, 0.4) is 0 Å². The van der Waals surface area contributed by atoms with Crippen molar-refractivity contribution in [2.24, 2.45) is 0 Å². The number of hydrogen-bond donors (Lipinski definition) is 1. The molecule has 3 rings (SSSR count). The van der Waals surface area contributed by atoms with E-state index in [4.69, 9.17) is 14.2 Å². The fourth-order valence-electron chi connectivity index (χ4n) is 2.16. The van der Waals surface area contributed by atoms with E-state index in [1.165, 1.54) is 11.3 Å². The van der Waals surface area contributed by atoms with Crippen molar-refractivity contribution in [3.8, 4) is 22.3 Å². The maximum atomic E-state index is 11.7. The molecule has 0 aliphatic rings. The molecular weight excluding hydrogens is 318 g/mol. The van der Waals surface area contributed by atoms with E-state index in [1.54, 1.807) is 38.7 Å². The lowest BCUT2D eigenvalue weighted by Gasteiger charge is -2.03. The second-order valence-corrected chi connectivity index (χ2v) is 5.40. The van der Waals surface area contributed by atoms with E-state index in [9.17, 15) is 4.79 Å². The molecule has 3 aromatic rings. The minimum atomic E-state index is -0.443. The molecule has 7 nitrogen and oxygen atoms in total. The lowest BCUT2D eigenvalue weighted by molar-refractivity contribution is 0.0520. The molecule has 1 N–H and O–H groups in total. The summed E-state index contributed by atoms with van der Waals surface area (Å²) in [6, 6.07) is 3.59. The largest absolute Gasteiger partial charge is 0.494 e. The van der Waals surface area contributed by atoms with Gasteiger partial charge in [0.2, 0.25) is 0 Å². The highest BCUT2D eigenvalue weighted by Gasteiger charge is 2.18. The Morgan fingerprint density at radius 3 is 2.65 bits per heavy atom. The predicted molar refractivity (Wildman–Crippen MR) is 86.3 cm³/mol. The van der Waals surface area contributed by atoms with Crippen molar-refractivity contribution in [3.63, 3.8) is 0 Å². The summed E-state index contributed by atoms with van der Waals surface area (Å²) in [5.74, 6) is 1.39. The van der Waals surface area contributed by atoms with Crippen LogP contribution in [0.1, 0.15) is 17.4 Å². The van der Waals surface area contributed by atoms with Gasteiger partial charge in [-0.3, -0.25) is 0 Å². The number of nitrogens with one attached hydrogen (secondary N) is 1. The first-order valence-electron chi connectivity index (χ1n) is 6.91. The van der Waals surface area contributed by atoms with E-state index in [0.717, 1.165) is 5.52 Å². The fraction of sp³-hybridized carbons (Fsp3) is 0.267. The van der Waals surface area contributed by atoms with Crippen molar-refractivity contribution in [2.75, 3.05) is 20.8 Å². The highest BCUT2D eigenvalue weighted by molar-refractivity contribution is 7.13. The summed E-state index contributed by atoms with van der Waals surface area (Å²) in [4.78, 5) is 23.7. The normalized spacial score (nSPS) is 10.7. The average Bonchev–Trinajstić information content (AvgIpc) is 3.20. The van der Waals surface area contributed by atoms with E-state index in [1.807, 2.05) is 0 Å². The van der Waals surface area contributed by atoms with Crippen molar-refractivity contribution in [1.29, 1.82) is 0 Å². The molecular formula is C15H15N3O4S. The van der Waals surface area contributed by atoms with Gasteiger partial charge < -0.3 is 19.2 Å². The fourth-order valence-corrected chi connectivity index (χ4v) is 2.89. The average molecular weight is 333 g/mol. The van der Waals surface area contributed by atoms with Crippen molar-refractivity contribution in [2.45, 2.75) is 6.92 Å². The van der Waals surface area contributed by atoms with Gasteiger partial charge in [-0.05, 0) is 19.1 Å². The minimum absolute atomic E-state index is 0.270. The Balaban J connectivity index is 2.05. The third-order valence-corrected chi connectivity index (χ3v) is 4.05. The summed E-state index contributed by atoms with van der Waals surface area (Å²) in [7, 11) is 3.17. The number of hydrogen-bond acceptors (Lipinski definition) is 7. The standard InChI is InChI=1S/C15H15N3O4S/c1-4-22-15(19)8-7-23-14(16-8)13-17-11-9(20-2)5-6-10(21-3)12(11)18-13/h5-7H,4H2,1-3H3,(H,17,18). The third-order valence-electron chi connectivity index (χ3n) is 3.20. The van der Waals surface area contributed by atoms with Gasteiger partial charge in [-0.25, -0.2) is 14.8 Å². The molecule has 120 valence electrons. The van der Waals surface area contributed by atoms with Crippen molar-refractivity contribution >= 4 is 28.3 Å². The van der Waals surface area contributed by atoms with Gasteiger partial charge in [-0.15, -0.1) is 11.3 Å². The molecule has 1 aromatic carbocycles. The molecule has 0 saturated heterocycles. The molecule has 2 heterocycles. The molecule has 0 spiro atoms. The van der Waals surface area contributed by atoms with Crippen molar-refractivity contribution in [1.82, 2.24) is 15.0 Å². The van der Waals surface area contributed by atoms with Gasteiger partial charge in [0.05, 0.1) is 20.8 Å². The monoisotopic (exact) mass is 333 g/mol. The number of fused-ring (bicyclic) bond motifs is 1. The molecule has 0 radical (unpaired) electrons.